The third kappa shape index (κ3) is 2.86. The molecule has 0 aliphatic carbocycles. The summed E-state index contributed by atoms with van der Waals surface area (Å²) < 4.78 is 49.3. The van der Waals surface area contributed by atoms with Crippen LogP contribution in [0, 0.1) is 0 Å². The molecule has 14 heavy (non-hydrogen) atoms. The summed E-state index contributed by atoms with van der Waals surface area (Å²) in [6.45, 7) is -0.181. The average Bonchev–Trinajstić information content (AvgIpc) is 2.03. The lowest BCUT2D eigenvalue weighted by atomic mass is 10.1. The summed E-state index contributed by atoms with van der Waals surface area (Å²) in [6.07, 6.45) is -0.784. The van der Waals surface area contributed by atoms with Crippen LogP contribution in [-0.4, -0.2) is 44.0 Å². The number of hydrogen-bond acceptors (Lipinski definition) is 3. The van der Waals surface area contributed by atoms with E-state index in [2.05, 4.69) is 0 Å². The van der Waals surface area contributed by atoms with Crippen molar-refractivity contribution in [3.8, 4) is 0 Å². The molecule has 1 fully saturated rings. The monoisotopic (exact) mass is 228 g/mol. The molecule has 0 unspecified atom stereocenters. The summed E-state index contributed by atoms with van der Waals surface area (Å²) in [5.41, 5.74) is 5.12. The quantitative estimate of drug-likeness (QED) is 0.740. The molecule has 1 rings (SSSR count). The normalized spacial score (nSPS) is 23.6. The van der Waals surface area contributed by atoms with E-state index in [1.165, 1.54) is 0 Å². The molecule has 1 aliphatic heterocycles. The first-order valence-corrected chi connectivity index (χ1v) is 6.04. The van der Waals surface area contributed by atoms with Crippen molar-refractivity contribution in [1.82, 2.24) is 4.31 Å². The van der Waals surface area contributed by atoms with Gasteiger partial charge in [-0.3, -0.25) is 0 Å². The topological polar surface area (TPSA) is 63.4 Å². The van der Waals surface area contributed by atoms with E-state index in [1.54, 1.807) is 0 Å². The van der Waals surface area contributed by atoms with E-state index < -0.39 is 28.8 Å². The number of hydrogen-bond donors (Lipinski definition) is 1. The van der Waals surface area contributed by atoms with Crippen LogP contribution >= 0.6 is 0 Å². The number of nitrogens with two attached hydrogens (primary N) is 1. The third-order valence-corrected chi connectivity index (χ3v) is 4.13. The molecule has 4 nitrogen and oxygen atoms in total. The van der Waals surface area contributed by atoms with E-state index in [1.807, 2.05) is 0 Å². The van der Waals surface area contributed by atoms with Gasteiger partial charge in [-0.25, -0.2) is 21.5 Å². The van der Waals surface area contributed by atoms with Crippen molar-refractivity contribution in [1.29, 1.82) is 0 Å². The van der Waals surface area contributed by atoms with Gasteiger partial charge in [-0.05, 0) is 0 Å². The Labute approximate surface area is 82.1 Å². The van der Waals surface area contributed by atoms with Crippen LogP contribution in [-0.2, 0) is 10.0 Å². The lowest BCUT2D eigenvalue weighted by Gasteiger charge is -2.30. The molecule has 0 aromatic rings. The summed E-state index contributed by atoms with van der Waals surface area (Å²) >= 11 is 0. The number of sulfonamides is 1. The van der Waals surface area contributed by atoms with Gasteiger partial charge in [0.05, 0.1) is 5.75 Å². The van der Waals surface area contributed by atoms with Crippen LogP contribution in [0.3, 0.4) is 0 Å². The average molecular weight is 228 g/mol. The highest BCUT2D eigenvalue weighted by atomic mass is 32.2. The van der Waals surface area contributed by atoms with Gasteiger partial charge in [0.1, 0.15) is 0 Å². The number of alkyl halides is 2. The molecule has 0 aromatic carbocycles. The lowest BCUT2D eigenvalue weighted by molar-refractivity contribution is -0.0411. The second-order valence-electron chi connectivity index (χ2n) is 3.36. The Balaban J connectivity index is 2.58. The minimum Gasteiger partial charge on any atom is -0.329 e. The van der Waals surface area contributed by atoms with Crippen molar-refractivity contribution in [3.63, 3.8) is 0 Å². The van der Waals surface area contributed by atoms with Gasteiger partial charge < -0.3 is 5.73 Å². The standard InChI is InChI=1S/C7H14F2N2O2S/c8-7(9)1-4-11(5-2-7)14(12,13)6-3-10/h1-6,10H2. The molecule has 84 valence electrons. The summed E-state index contributed by atoms with van der Waals surface area (Å²) in [5, 5.41) is 0. The fraction of sp³-hybridized carbons (Fsp3) is 1.00. The maximum Gasteiger partial charge on any atom is 0.250 e. The summed E-state index contributed by atoms with van der Waals surface area (Å²) in [4.78, 5) is 0. The molecular formula is C7H14F2N2O2S. The molecule has 0 spiro atoms. The predicted octanol–water partition coefficient (Wildman–Crippen LogP) is 0.00600. The minimum absolute atomic E-state index is 0.0230. The fourth-order valence-electron chi connectivity index (χ4n) is 1.37. The predicted molar refractivity (Wildman–Crippen MR) is 48.6 cm³/mol. The van der Waals surface area contributed by atoms with Gasteiger partial charge in [0.25, 0.3) is 5.92 Å². The van der Waals surface area contributed by atoms with Crippen LogP contribution in [0.15, 0.2) is 0 Å². The van der Waals surface area contributed by atoms with E-state index in [0.717, 1.165) is 4.31 Å². The summed E-state index contributed by atoms with van der Waals surface area (Å²) in [5.74, 6) is -2.88. The first-order chi connectivity index (χ1) is 6.37. The van der Waals surface area contributed by atoms with Crippen LogP contribution in [0.25, 0.3) is 0 Å². The third-order valence-electron chi connectivity index (χ3n) is 2.22. The van der Waals surface area contributed by atoms with E-state index >= 15 is 0 Å². The molecule has 0 bridgehead atoms. The molecule has 1 heterocycles. The van der Waals surface area contributed by atoms with Crippen LogP contribution < -0.4 is 5.73 Å². The Kier molecular flexibility index (Phi) is 3.44. The fourth-order valence-corrected chi connectivity index (χ4v) is 2.66. The van der Waals surface area contributed by atoms with Gasteiger partial charge in [0, 0.05) is 32.5 Å². The van der Waals surface area contributed by atoms with Crippen molar-refractivity contribution in [2.75, 3.05) is 25.4 Å². The van der Waals surface area contributed by atoms with Crippen LogP contribution in [0.5, 0.6) is 0 Å². The molecule has 0 amide bonds. The minimum atomic E-state index is -3.41. The van der Waals surface area contributed by atoms with Crippen LogP contribution in [0.4, 0.5) is 8.78 Å². The lowest BCUT2D eigenvalue weighted by Crippen LogP contribution is -2.44. The molecule has 7 heteroatoms. The van der Waals surface area contributed by atoms with Gasteiger partial charge >= 0.3 is 0 Å². The van der Waals surface area contributed by atoms with E-state index in [-0.39, 0.29) is 25.4 Å². The maximum absolute atomic E-state index is 12.7. The van der Waals surface area contributed by atoms with Crippen LogP contribution in [0.1, 0.15) is 12.8 Å². The van der Waals surface area contributed by atoms with Crippen molar-refractivity contribution in [2.24, 2.45) is 5.73 Å². The zero-order valence-corrected chi connectivity index (χ0v) is 8.56. The molecule has 0 aromatic heterocycles. The first kappa shape index (κ1) is 11.8. The SMILES string of the molecule is NCCS(=O)(=O)N1CCC(F)(F)CC1. The Morgan fingerprint density at radius 2 is 1.79 bits per heavy atom. The Hall–Kier alpha value is -0.270. The summed E-state index contributed by atoms with van der Waals surface area (Å²) in [6, 6.07) is 0. The molecule has 0 saturated carbocycles. The zero-order chi connectivity index (χ0) is 10.8. The molecule has 2 N–H and O–H groups in total. The Bertz CT molecular complexity index is 282. The molecular weight excluding hydrogens is 214 g/mol. The first-order valence-electron chi connectivity index (χ1n) is 4.43. The smallest absolute Gasteiger partial charge is 0.250 e. The van der Waals surface area contributed by atoms with Crippen LogP contribution in [0.2, 0.25) is 0 Å². The zero-order valence-electron chi connectivity index (χ0n) is 7.75. The molecule has 0 atom stereocenters. The number of halogens is 2. The molecule has 1 saturated heterocycles. The highest BCUT2D eigenvalue weighted by Crippen LogP contribution is 2.28. The Morgan fingerprint density at radius 3 is 2.21 bits per heavy atom. The van der Waals surface area contributed by atoms with Gasteiger partial charge in [-0.2, -0.15) is 0 Å². The maximum atomic E-state index is 12.7. The van der Waals surface area contributed by atoms with Crippen molar-refractivity contribution >= 4 is 10.0 Å². The number of piperidine rings is 1. The second kappa shape index (κ2) is 4.08. The number of rotatable bonds is 3. The number of nitrogens with zero attached hydrogens (tertiary/aromatic N) is 1. The second-order valence-corrected chi connectivity index (χ2v) is 5.45. The van der Waals surface area contributed by atoms with Gasteiger partial charge in [0.2, 0.25) is 10.0 Å². The van der Waals surface area contributed by atoms with Crippen molar-refractivity contribution in [3.05, 3.63) is 0 Å². The van der Waals surface area contributed by atoms with E-state index in [0.29, 0.717) is 0 Å². The highest BCUT2D eigenvalue weighted by molar-refractivity contribution is 7.89. The largest absolute Gasteiger partial charge is 0.329 e. The van der Waals surface area contributed by atoms with E-state index in [9.17, 15) is 17.2 Å². The van der Waals surface area contributed by atoms with E-state index in [4.69, 9.17) is 5.73 Å². The molecule has 1 aliphatic rings. The van der Waals surface area contributed by atoms with Gasteiger partial charge in [0.15, 0.2) is 0 Å². The van der Waals surface area contributed by atoms with Gasteiger partial charge in [-0.15, -0.1) is 0 Å². The van der Waals surface area contributed by atoms with Crippen molar-refractivity contribution < 1.29 is 17.2 Å². The summed E-state index contributed by atoms with van der Waals surface area (Å²) in [7, 11) is -3.41. The Morgan fingerprint density at radius 1 is 1.29 bits per heavy atom. The molecule has 0 radical (unpaired) electrons. The van der Waals surface area contributed by atoms with Crippen molar-refractivity contribution in [2.45, 2.75) is 18.8 Å². The highest BCUT2D eigenvalue weighted by Gasteiger charge is 2.37. The van der Waals surface area contributed by atoms with Gasteiger partial charge in [-0.1, -0.05) is 0 Å².